The Morgan fingerprint density at radius 2 is 1.30 bits per heavy atom. The highest BCUT2D eigenvalue weighted by Crippen LogP contribution is 2.58. The number of aryl methyl sites for hydroxylation is 1. The lowest BCUT2D eigenvalue weighted by molar-refractivity contribution is -0.112. The van der Waals surface area contributed by atoms with E-state index in [9.17, 15) is 14.4 Å². The van der Waals surface area contributed by atoms with Crippen molar-refractivity contribution in [2.45, 2.75) is 101 Å². The van der Waals surface area contributed by atoms with Gasteiger partial charge in [-0.3, -0.25) is 42.3 Å². The number of fused-ring (bicyclic) bond motifs is 1. The van der Waals surface area contributed by atoms with Crippen LogP contribution in [0.5, 0.6) is 11.5 Å². The molecule has 3 saturated heterocycles. The van der Waals surface area contributed by atoms with Gasteiger partial charge in [0.2, 0.25) is 5.95 Å². The zero-order valence-electron chi connectivity index (χ0n) is 45.6. The Balaban J connectivity index is 0.968. The van der Waals surface area contributed by atoms with Crippen molar-refractivity contribution in [2.24, 2.45) is 0 Å². The molecule has 3 aliphatic rings. The number of nitrogens with two attached hydrogens (primary N) is 1. The number of phosphoric ester groups is 1. The Hall–Kier alpha value is -7.30. The van der Waals surface area contributed by atoms with Gasteiger partial charge in [-0.1, -0.05) is 136 Å². The highest BCUT2D eigenvalue weighted by Gasteiger charge is 2.57. The Labute approximate surface area is 467 Å². The van der Waals surface area contributed by atoms with Crippen LogP contribution in [0, 0.1) is 6.92 Å². The number of benzene rings is 5. The monoisotopic (exact) mass is 1140 g/mol. The quantitative estimate of drug-likeness (QED) is 0.0457. The lowest BCUT2D eigenvalue weighted by Crippen LogP contribution is -2.68. The van der Waals surface area contributed by atoms with Gasteiger partial charge in [0.15, 0.2) is 11.2 Å². The van der Waals surface area contributed by atoms with E-state index in [1.807, 2.05) is 115 Å². The minimum absolute atomic E-state index is 0.0225. The first-order valence-electron chi connectivity index (χ1n) is 26.8. The van der Waals surface area contributed by atoms with Crippen LogP contribution >= 0.6 is 7.82 Å². The molecule has 0 spiro atoms. The van der Waals surface area contributed by atoms with Crippen LogP contribution in [0.25, 0.3) is 11.2 Å². The number of anilines is 1. The lowest BCUT2D eigenvalue weighted by Gasteiger charge is -2.46. The number of nitrogens with zero attached hydrogens (tertiary/aromatic N) is 4. The summed E-state index contributed by atoms with van der Waals surface area (Å²) in [6.07, 6.45) is -3.31. The van der Waals surface area contributed by atoms with Gasteiger partial charge in [0.1, 0.15) is 54.0 Å². The smallest absolute Gasteiger partial charge is 0.475 e. The normalized spacial score (nSPS) is 23.4. The number of imidazole rings is 1. The van der Waals surface area contributed by atoms with Crippen LogP contribution in [-0.4, -0.2) is 95.3 Å². The zero-order chi connectivity index (χ0) is 56.7. The van der Waals surface area contributed by atoms with E-state index >= 15 is 4.57 Å². The van der Waals surface area contributed by atoms with E-state index in [1.54, 1.807) is 25.7 Å². The molecule has 4 N–H and O–H groups in total. The number of phosphoric acid groups is 1. The summed E-state index contributed by atoms with van der Waals surface area (Å²) in [5.41, 5.74) is 5.85. The maximum absolute atomic E-state index is 15.6. The molecule has 20 nitrogen and oxygen atoms in total. The third-order valence-electron chi connectivity index (χ3n) is 15.4. The van der Waals surface area contributed by atoms with Gasteiger partial charge in [0.25, 0.3) is 19.4 Å². The van der Waals surface area contributed by atoms with Gasteiger partial charge in [0.05, 0.1) is 39.9 Å². The van der Waals surface area contributed by atoms with Crippen molar-refractivity contribution in [1.29, 1.82) is 0 Å². The molecule has 8 aromatic rings. The maximum atomic E-state index is 15.6. The Kier molecular flexibility index (Phi) is 15.5. The second-order valence-corrected chi connectivity index (χ2v) is 27.2. The van der Waals surface area contributed by atoms with E-state index in [1.165, 1.54) is 17.1 Å². The van der Waals surface area contributed by atoms with Crippen molar-refractivity contribution in [3.63, 3.8) is 0 Å². The summed E-state index contributed by atoms with van der Waals surface area (Å²) in [6, 6.07) is 45.2. The zero-order valence-corrected chi connectivity index (χ0v) is 47.5. The number of H-pyrrole nitrogens is 2. The second-order valence-electron chi connectivity index (χ2n) is 21.4. The summed E-state index contributed by atoms with van der Waals surface area (Å²) in [4.78, 5) is 53.1. The average Bonchev–Trinajstić information content (AvgIpc) is 4.26. The molecule has 3 aliphatic heterocycles. The number of hydrogen-bond acceptors (Lipinski definition) is 16. The topological polar surface area (TPSA) is 245 Å². The number of ether oxygens (including phenoxy) is 5. The minimum Gasteiger partial charge on any atom is -0.497 e. The first-order chi connectivity index (χ1) is 39.0. The van der Waals surface area contributed by atoms with Gasteiger partial charge in [-0.25, -0.2) is 14.3 Å². The van der Waals surface area contributed by atoms with E-state index in [2.05, 4.69) is 65.0 Å². The van der Waals surface area contributed by atoms with E-state index in [4.69, 9.17) is 47.4 Å². The molecule has 0 unspecified atom stereocenters. The molecule has 0 bridgehead atoms. The SMILES string of the molecule is COc1ccc(C(OC[C@H]2O[C@@H](n3cnc4c(=O)[nH]c(N)nc43)C[C@@H]2O[P@]2(=O)OCC[C@H]([C@H]3O[C@@H](n4cc(C)c(=O)[nH]c4=O)C[C@@H]3O[Si](c3ccccc3)(c3ccccc3)C(C)(C)C)O2)(c2ccccc2)c2ccc(OC)cc2)cc1. The fourth-order valence-corrected chi connectivity index (χ4v) is 17.8. The molecular formula is C59H64N7O13PSi. The lowest BCUT2D eigenvalue weighted by atomic mass is 9.80. The summed E-state index contributed by atoms with van der Waals surface area (Å²) in [5.74, 6) is 1.16. The second kappa shape index (κ2) is 22.6. The summed E-state index contributed by atoms with van der Waals surface area (Å²) in [6.45, 7) is 7.86. The largest absolute Gasteiger partial charge is 0.497 e. The third kappa shape index (κ3) is 10.7. The van der Waals surface area contributed by atoms with Gasteiger partial charge < -0.3 is 33.8 Å². The summed E-state index contributed by atoms with van der Waals surface area (Å²) < 4.78 is 78.1. The molecule has 0 radical (unpaired) electrons. The maximum Gasteiger partial charge on any atom is 0.475 e. The average molecular weight is 1140 g/mol. The summed E-state index contributed by atoms with van der Waals surface area (Å²) in [5, 5.41) is 1.55. The first kappa shape index (κ1) is 55.6. The van der Waals surface area contributed by atoms with Crippen LogP contribution in [0.3, 0.4) is 0 Å². The molecule has 11 rings (SSSR count). The van der Waals surface area contributed by atoms with E-state index < -0.39 is 86.6 Å². The molecule has 3 aromatic heterocycles. The van der Waals surface area contributed by atoms with Gasteiger partial charge in [0, 0.05) is 31.0 Å². The van der Waals surface area contributed by atoms with Crippen molar-refractivity contribution in [3.8, 4) is 11.5 Å². The molecule has 8 atom stereocenters. The predicted molar refractivity (Wildman–Crippen MR) is 304 cm³/mol. The van der Waals surface area contributed by atoms with Crippen LogP contribution in [0.15, 0.2) is 166 Å². The number of nitrogen functional groups attached to an aromatic ring is 1. The Bertz CT molecular complexity index is 3640. The number of aromatic nitrogens is 6. The van der Waals surface area contributed by atoms with Gasteiger partial charge >= 0.3 is 13.5 Å². The number of aromatic amines is 2. The van der Waals surface area contributed by atoms with Gasteiger partial charge in [-0.15, -0.1) is 0 Å². The van der Waals surface area contributed by atoms with Crippen LogP contribution in [0.2, 0.25) is 5.04 Å². The van der Waals surface area contributed by atoms with Gasteiger partial charge in [-0.05, 0) is 63.3 Å². The highest BCUT2D eigenvalue weighted by molar-refractivity contribution is 7.48. The fraction of sp³-hybridized carbons (Fsp3) is 0.339. The van der Waals surface area contributed by atoms with Crippen molar-refractivity contribution in [1.82, 2.24) is 29.1 Å². The fourth-order valence-electron chi connectivity index (χ4n) is 11.5. The number of hydrogen-bond donors (Lipinski definition) is 3. The molecule has 0 amide bonds. The molecular weight excluding hydrogens is 1070 g/mol. The molecule has 81 heavy (non-hydrogen) atoms. The molecule has 5 aromatic carbocycles. The van der Waals surface area contributed by atoms with E-state index in [0.717, 1.165) is 27.1 Å². The molecule has 22 heteroatoms. The van der Waals surface area contributed by atoms with Crippen LogP contribution in [0.1, 0.15) is 74.7 Å². The standard InChI is InChI=1S/C59H64N7O13PSi/c1-37-34-65(57(69)64-54(37)67)49-33-47(79-81(58(2,3)4,43-18-12-8-13-19-43)44-20-14-9-15-21-44)52(76-49)45-30-31-74-80(70,77-45)78-46-32-50(66-36-61-51-53(66)62-56(60)63-55(51)68)75-48(46)35-73-59(38-16-10-7-11-17-38,39-22-26-41(71-5)27-23-39)40-24-28-42(72-6)29-25-40/h7-29,34,36,45-50,52H,30-33,35H2,1-6H3,(H,64,67,69)(H3,60,62,63,68)/t45-,46+,47+,48-,49-,50-,52-,80-/m1/s1. The first-order valence-corrected chi connectivity index (χ1v) is 30.1. The summed E-state index contributed by atoms with van der Waals surface area (Å²) >= 11 is 0. The number of methoxy groups -OCH3 is 2. The third-order valence-corrected chi connectivity index (χ3v) is 22.1. The molecule has 422 valence electrons. The Morgan fingerprint density at radius 3 is 1.89 bits per heavy atom. The molecule has 3 fully saturated rings. The van der Waals surface area contributed by atoms with Crippen molar-refractivity contribution in [3.05, 3.63) is 205 Å². The number of rotatable bonds is 17. The molecule has 6 heterocycles. The van der Waals surface area contributed by atoms with Crippen molar-refractivity contribution in [2.75, 3.05) is 33.2 Å². The minimum atomic E-state index is -4.59. The number of nitrogens with one attached hydrogen (secondary N) is 2. The van der Waals surface area contributed by atoms with Crippen LogP contribution < -0.4 is 42.4 Å². The van der Waals surface area contributed by atoms with Gasteiger partial charge in [-0.2, -0.15) is 4.98 Å². The van der Waals surface area contributed by atoms with Crippen LogP contribution in [-0.2, 0) is 42.4 Å². The van der Waals surface area contributed by atoms with E-state index in [-0.39, 0.29) is 49.6 Å². The Morgan fingerprint density at radius 1 is 0.728 bits per heavy atom. The van der Waals surface area contributed by atoms with Crippen molar-refractivity contribution < 1.29 is 46.2 Å². The van der Waals surface area contributed by atoms with Crippen molar-refractivity contribution >= 4 is 43.6 Å². The molecule has 0 saturated carbocycles. The van der Waals surface area contributed by atoms with Crippen LogP contribution in [0.4, 0.5) is 5.95 Å². The predicted octanol–water partition coefficient (Wildman–Crippen LogP) is 7.41. The molecule has 0 aliphatic carbocycles. The van der Waals surface area contributed by atoms with E-state index in [0.29, 0.717) is 17.1 Å². The highest BCUT2D eigenvalue weighted by atomic mass is 31.2. The summed E-state index contributed by atoms with van der Waals surface area (Å²) in [7, 11) is -4.72.